The van der Waals surface area contributed by atoms with Gasteiger partial charge >= 0.3 is 0 Å². The number of hydrogen-bond donors (Lipinski definition) is 1. The van der Waals surface area contributed by atoms with E-state index in [0.29, 0.717) is 10.8 Å². The van der Waals surface area contributed by atoms with Crippen molar-refractivity contribution in [1.29, 1.82) is 0 Å². The third-order valence-electron chi connectivity index (χ3n) is 3.02. The molecule has 2 aromatic rings. The van der Waals surface area contributed by atoms with Gasteiger partial charge in [0.05, 0.1) is 18.2 Å². The lowest BCUT2D eigenvalue weighted by molar-refractivity contribution is 0.414. The van der Waals surface area contributed by atoms with Crippen molar-refractivity contribution >= 4 is 27.5 Å². The Morgan fingerprint density at radius 1 is 1.21 bits per heavy atom. The first kappa shape index (κ1) is 14.4. The molecular formula is C15H15BrClNO. The quantitative estimate of drug-likeness (QED) is 0.895. The molecule has 2 aromatic carbocycles. The number of benzene rings is 2. The Morgan fingerprint density at radius 2 is 1.95 bits per heavy atom. The maximum atomic E-state index is 6.33. The van der Waals surface area contributed by atoms with Gasteiger partial charge in [0.15, 0.2) is 0 Å². The zero-order valence-electron chi connectivity index (χ0n) is 10.8. The number of hydrogen-bond acceptors (Lipinski definition) is 2. The highest BCUT2D eigenvalue weighted by atomic mass is 79.9. The molecule has 0 aliphatic rings. The van der Waals surface area contributed by atoms with Gasteiger partial charge in [-0.3, -0.25) is 0 Å². The number of methoxy groups -OCH3 is 1. The Bertz CT molecular complexity index is 601. The van der Waals surface area contributed by atoms with Gasteiger partial charge in [-0.25, -0.2) is 0 Å². The molecule has 0 aliphatic carbocycles. The van der Waals surface area contributed by atoms with E-state index in [4.69, 9.17) is 22.1 Å². The van der Waals surface area contributed by atoms with Crippen molar-refractivity contribution in [2.75, 3.05) is 7.11 Å². The largest absolute Gasteiger partial charge is 0.495 e. The first-order valence-corrected chi connectivity index (χ1v) is 7.05. The van der Waals surface area contributed by atoms with Crippen molar-refractivity contribution in [2.45, 2.75) is 13.0 Å². The van der Waals surface area contributed by atoms with E-state index in [1.807, 2.05) is 31.2 Å². The van der Waals surface area contributed by atoms with Gasteiger partial charge in [0.2, 0.25) is 0 Å². The lowest BCUT2D eigenvalue weighted by Gasteiger charge is -2.16. The fraction of sp³-hybridized carbons (Fsp3) is 0.200. The molecule has 1 unspecified atom stereocenters. The van der Waals surface area contributed by atoms with Crippen LogP contribution < -0.4 is 10.5 Å². The molecule has 2 nitrogen and oxygen atoms in total. The third kappa shape index (κ3) is 3.11. The summed E-state index contributed by atoms with van der Waals surface area (Å²) in [5.74, 6) is 0.637. The van der Waals surface area contributed by atoms with Gasteiger partial charge in [0, 0.05) is 4.47 Å². The summed E-state index contributed by atoms with van der Waals surface area (Å²) in [5, 5.41) is 0.585. The van der Waals surface area contributed by atoms with Crippen LogP contribution >= 0.6 is 27.5 Å². The standard InChI is InChI=1S/C15H15BrClNO/c1-9-3-5-12(16)11(7-9)15(18)10-4-6-13(17)14(8-10)19-2/h3-8,15H,18H2,1-2H3. The van der Waals surface area contributed by atoms with Crippen LogP contribution in [0.2, 0.25) is 5.02 Å². The SMILES string of the molecule is COc1cc(C(N)c2cc(C)ccc2Br)ccc1Cl. The lowest BCUT2D eigenvalue weighted by atomic mass is 9.98. The van der Waals surface area contributed by atoms with Crippen LogP contribution in [0.25, 0.3) is 0 Å². The molecule has 4 heteroatoms. The number of halogens is 2. The molecule has 0 saturated carbocycles. The summed E-state index contributed by atoms with van der Waals surface area (Å²) in [5.41, 5.74) is 9.52. The average Bonchev–Trinajstić information content (AvgIpc) is 2.41. The van der Waals surface area contributed by atoms with Crippen LogP contribution in [0.3, 0.4) is 0 Å². The second kappa shape index (κ2) is 5.95. The van der Waals surface area contributed by atoms with E-state index in [9.17, 15) is 0 Å². The minimum atomic E-state index is -0.222. The van der Waals surface area contributed by atoms with Gasteiger partial charge in [0.1, 0.15) is 5.75 Å². The summed E-state index contributed by atoms with van der Waals surface area (Å²) in [4.78, 5) is 0. The maximum Gasteiger partial charge on any atom is 0.137 e. The number of ether oxygens (including phenoxy) is 1. The van der Waals surface area contributed by atoms with Gasteiger partial charge in [-0.15, -0.1) is 0 Å². The summed E-state index contributed by atoms with van der Waals surface area (Å²) in [6.07, 6.45) is 0. The smallest absolute Gasteiger partial charge is 0.137 e. The molecule has 0 radical (unpaired) electrons. The van der Waals surface area contributed by atoms with Crippen LogP contribution in [0.1, 0.15) is 22.7 Å². The highest BCUT2D eigenvalue weighted by molar-refractivity contribution is 9.10. The second-order valence-corrected chi connectivity index (χ2v) is 5.66. The fourth-order valence-electron chi connectivity index (χ4n) is 1.95. The molecule has 1 atom stereocenters. The molecule has 2 rings (SSSR count). The fourth-order valence-corrected chi connectivity index (χ4v) is 2.64. The van der Waals surface area contributed by atoms with Crippen LogP contribution in [0.5, 0.6) is 5.75 Å². The average molecular weight is 341 g/mol. The molecule has 0 saturated heterocycles. The zero-order valence-corrected chi connectivity index (χ0v) is 13.1. The summed E-state index contributed by atoms with van der Waals surface area (Å²) >= 11 is 9.57. The molecule has 0 aliphatic heterocycles. The Balaban J connectivity index is 2.43. The number of nitrogens with two attached hydrogens (primary N) is 1. The second-order valence-electron chi connectivity index (χ2n) is 4.40. The van der Waals surface area contributed by atoms with Crippen LogP contribution in [0.4, 0.5) is 0 Å². The molecule has 100 valence electrons. The topological polar surface area (TPSA) is 35.2 Å². The van der Waals surface area contributed by atoms with Crippen molar-refractivity contribution in [3.63, 3.8) is 0 Å². The normalized spacial score (nSPS) is 12.3. The van der Waals surface area contributed by atoms with Gasteiger partial charge < -0.3 is 10.5 Å². The lowest BCUT2D eigenvalue weighted by Crippen LogP contribution is -2.12. The van der Waals surface area contributed by atoms with Crippen LogP contribution in [-0.2, 0) is 0 Å². The summed E-state index contributed by atoms with van der Waals surface area (Å²) in [6, 6.07) is 11.5. The molecule has 0 heterocycles. The van der Waals surface area contributed by atoms with Gasteiger partial charge in [-0.05, 0) is 36.2 Å². The molecule has 0 amide bonds. The molecule has 19 heavy (non-hydrogen) atoms. The van der Waals surface area contributed by atoms with Crippen LogP contribution in [-0.4, -0.2) is 7.11 Å². The minimum Gasteiger partial charge on any atom is -0.495 e. The third-order valence-corrected chi connectivity index (χ3v) is 4.06. The number of aryl methyl sites for hydroxylation is 1. The Hall–Kier alpha value is -1.03. The van der Waals surface area contributed by atoms with Crippen molar-refractivity contribution in [2.24, 2.45) is 5.73 Å². The summed E-state index contributed by atoms with van der Waals surface area (Å²) < 4.78 is 6.23. The van der Waals surface area contributed by atoms with E-state index < -0.39 is 0 Å². The van der Waals surface area contributed by atoms with Crippen LogP contribution in [0.15, 0.2) is 40.9 Å². The predicted molar refractivity (Wildman–Crippen MR) is 82.9 cm³/mol. The van der Waals surface area contributed by atoms with Gasteiger partial charge in [0.25, 0.3) is 0 Å². The van der Waals surface area contributed by atoms with Crippen LogP contribution in [0, 0.1) is 6.92 Å². The van der Waals surface area contributed by atoms with E-state index >= 15 is 0 Å². The first-order valence-electron chi connectivity index (χ1n) is 5.88. The Labute approximate surface area is 126 Å². The molecule has 0 bridgehead atoms. The number of rotatable bonds is 3. The van der Waals surface area contributed by atoms with Gasteiger partial charge in [-0.1, -0.05) is 51.3 Å². The molecular weight excluding hydrogens is 326 g/mol. The van der Waals surface area contributed by atoms with E-state index in [1.165, 1.54) is 5.56 Å². The van der Waals surface area contributed by atoms with Crippen molar-refractivity contribution in [3.8, 4) is 5.75 Å². The predicted octanol–water partition coefficient (Wildman–Crippen LogP) is 4.47. The zero-order chi connectivity index (χ0) is 14.0. The van der Waals surface area contributed by atoms with E-state index in [-0.39, 0.29) is 6.04 Å². The minimum absolute atomic E-state index is 0.222. The Kier molecular flexibility index (Phi) is 4.50. The molecule has 0 fully saturated rings. The Morgan fingerprint density at radius 3 is 2.63 bits per heavy atom. The first-order chi connectivity index (χ1) is 9.02. The maximum absolute atomic E-state index is 6.33. The highest BCUT2D eigenvalue weighted by Gasteiger charge is 2.14. The monoisotopic (exact) mass is 339 g/mol. The highest BCUT2D eigenvalue weighted by Crippen LogP contribution is 2.32. The van der Waals surface area contributed by atoms with Gasteiger partial charge in [-0.2, -0.15) is 0 Å². The summed E-state index contributed by atoms with van der Waals surface area (Å²) in [7, 11) is 1.60. The molecule has 0 aromatic heterocycles. The summed E-state index contributed by atoms with van der Waals surface area (Å²) in [6.45, 7) is 2.05. The van der Waals surface area contributed by atoms with Crippen molar-refractivity contribution < 1.29 is 4.74 Å². The van der Waals surface area contributed by atoms with E-state index in [1.54, 1.807) is 13.2 Å². The van der Waals surface area contributed by atoms with Crippen molar-refractivity contribution in [1.82, 2.24) is 0 Å². The molecule has 2 N–H and O–H groups in total. The van der Waals surface area contributed by atoms with E-state index in [2.05, 4.69) is 22.0 Å². The van der Waals surface area contributed by atoms with E-state index in [0.717, 1.165) is 15.6 Å². The molecule has 0 spiro atoms. The van der Waals surface area contributed by atoms with Crippen molar-refractivity contribution in [3.05, 3.63) is 62.6 Å².